The molecule has 0 atom stereocenters. The Hall–Kier alpha value is -2.22. The predicted octanol–water partition coefficient (Wildman–Crippen LogP) is 3.70. The van der Waals surface area contributed by atoms with Crippen LogP contribution in [0.5, 0.6) is 0 Å². The predicted molar refractivity (Wildman–Crippen MR) is 182 cm³/mol. The van der Waals surface area contributed by atoms with E-state index in [1.807, 2.05) is 18.2 Å². The van der Waals surface area contributed by atoms with Gasteiger partial charge in [0.1, 0.15) is 4.21 Å². The number of nitrogens with one attached hydrogen (secondary N) is 4. The summed E-state index contributed by atoms with van der Waals surface area (Å²) in [5.41, 5.74) is 0.798. The van der Waals surface area contributed by atoms with Gasteiger partial charge in [-0.1, -0.05) is 84.3 Å². The standard InChI is InChI=1S/C8H11NO2S.C7H9NO2S.C5H7NO2S2.C2H7NO2S.4CH4/c1-9-12(10,11)7-8-5-3-2-4-6-8;1-8-11(9,10)7-5-3-2-4-6-7;1-6-10(7,8)5-3-2-4-9-5;1-3-6(2,4)5;;;;/h2-6,9H,7H2,1H3;2-6,8H,1H3;2-4,6H,1H3;3H,1-2H3;4*1H4. The van der Waals surface area contributed by atoms with Crippen molar-refractivity contribution in [1.29, 1.82) is 0 Å². The van der Waals surface area contributed by atoms with E-state index in [4.69, 9.17) is 0 Å². The van der Waals surface area contributed by atoms with E-state index < -0.39 is 40.1 Å². The molecular formula is C26H50N4O8S5. The summed E-state index contributed by atoms with van der Waals surface area (Å²) in [5, 5.41) is 1.73. The van der Waals surface area contributed by atoms with Gasteiger partial charge < -0.3 is 0 Å². The van der Waals surface area contributed by atoms with Crippen molar-refractivity contribution >= 4 is 51.4 Å². The van der Waals surface area contributed by atoms with Crippen LogP contribution in [0.3, 0.4) is 0 Å². The number of hydrogen-bond donors (Lipinski definition) is 4. The molecule has 0 unspecified atom stereocenters. The molecule has 0 aliphatic heterocycles. The molecule has 0 saturated heterocycles. The van der Waals surface area contributed by atoms with E-state index in [1.165, 1.54) is 39.5 Å². The van der Waals surface area contributed by atoms with Crippen LogP contribution in [0, 0.1) is 0 Å². The van der Waals surface area contributed by atoms with Gasteiger partial charge in [0.05, 0.1) is 16.9 Å². The largest absolute Gasteiger partial charge is 0.249 e. The van der Waals surface area contributed by atoms with Gasteiger partial charge in [0.2, 0.25) is 40.1 Å². The highest BCUT2D eigenvalue weighted by Crippen LogP contribution is 2.14. The molecule has 2 aromatic carbocycles. The molecule has 1 aromatic heterocycles. The first-order chi connectivity index (χ1) is 18.0. The van der Waals surface area contributed by atoms with Crippen molar-refractivity contribution < 1.29 is 33.7 Å². The topological polar surface area (TPSA) is 185 Å². The van der Waals surface area contributed by atoms with Gasteiger partial charge in [0, 0.05) is 0 Å². The van der Waals surface area contributed by atoms with E-state index in [9.17, 15) is 33.7 Å². The normalized spacial score (nSPS) is 10.4. The molecule has 3 rings (SSSR count). The van der Waals surface area contributed by atoms with Crippen LogP contribution in [0.15, 0.2) is 87.3 Å². The van der Waals surface area contributed by atoms with Gasteiger partial charge >= 0.3 is 0 Å². The second-order valence-corrected chi connectivity index (χ2v) is 15.9. The molecule has 4 N–H and O–H groups in total. The Morgan fingerprint density at radius 3 is 1.30 bits per heavy atom. The monoisotopic (exact) mass is 706 g/mol. The molecule has 0 saturated carbocycles. The fourth-order valence-electron chi connectivity index (χ4n) is 2.10. The van der Waals surface area contributed by atoms with Crippen molar-refractivity contribution in [2.24, 2.45) is 0 Å². The highest BCUT2D eigenvalue weighted by molar-refractivity contribution is 7.91. The summed E-state index contributed by atoms with van der Waals surface area (Å²) in [6, 6.07) is 20.6. The summed E-state index contributed by atoms with van der Waals surface area (Å²) in [7, 11) is -6.89. The van der Waals surface area contributed by atoms with Gasteiger partial charge in [-0.15, -0.1) is 11.3 Å². The van der Waals surface area contributed by atoms with Crippen molar-refractivity contribution in [2.75, 3.05) is 34.4 Å². The Balaban J connectivity index is -0.000000148. The number of rotatable bonds is 8. The lowest BCUT2D eigenvalue weighted by atomic mass is 10.2. The van der Waals surface area contributed by atoms with Crippen LogP contribution >= 0.6 is 11.3 Å². The summed E-state index contributed by atoms with van der Waals surface area (Å²) >= 11 is 1.20. The highest BCUT2D eigenvalue weighted by atomic mass is 32.2. The third kappa shape index (κ3) is 22.9. The van der Waals surface area contributed by atoms with Crippen molar-refractivity contribution in [3.8, 4) is 0 Å². The van der Waals surface area contributed by atoms with E-state index in [1.54, 1.807) is 60.0 Å². The van der Waals surface area contributed by atoms with E-state index >= 15 is 0 Å². The summed E-state index contributed by atoms with van der Waals surface area (Å²) in [6.45, 7) is 0. The van der Waals surface area contributed by atoms with Crippen LogP contribution in [0.2, 0.25) is 0 Å². The van der Waals surface area contributed by atoms with Crippen LogP contribution in [-0.4, -0.2) is 68.1 Å². The molecule has 0 radical (unpaired) electrons. The fourth-order valence-corrected chi connectivity index (χ4v) is 5.46. The zero-order chi connectivity index (χ0) is 30.2. The molecule has 0 bridgehead atoms. The number of benzene rings is 2. The van der Waals surface area contributed by atoms with E-state index in [2.05, 4.69) is 18.9 Å². The third-order valence-electron chi connectivity index (χ3n) is 4.23. The SMILES string of the molecule is C.C.C.C.CNS(=O)(=O)Cc1ccccc1.CNS(=O)(=O)c1ccccc1.CNS(=O)(=O)c1cccs1.CNS(C)(=O)=O. The molecule has 0 amide bonds. The molecule has 252 valence electrons. The fraction of sp³-hybridized carbons (Fsp3) is 0.385. The Labute approximate surface area is 265 Å². The second-order valence-electron chi connectivity index (χ2n) is 7.09. The Bertz CT molecular complexity index is 1520. The zero-order valence-corrected chi connectivity index (χ0v) is 26.1. The minimum Gasteiger partial charge on any atom is -0.219 e. The van der Waals surface area contributed by atoms with E-state index in [-0.39, 0.29) is 35.5 Å². The average Bonchev–Trinajstić information content (AvgIpc) is 3.47. The van der Waals surface area contributed by atoms with Crippen molar-refractivity contribution in [1.82, 2.24) is 18.9 Å². The molecule has 0 aliphatic rings. The summed E-state index contributed by atoms with van der Waals surface area (Å²) in [5.74, 6) is 0.0460. The lowest BCUT2D eigenvalue weighted by Crippen LogP contribution is -2.20. The van der Waals surface area contributed by atoms with E-state index in [0.717, 1.165) is 11.8 Å². The maximum absolute atomic E-state index is 11.1. The van der Waals surface area contributed by atoms with Gasteiger partial charge in [-0.2, -0.15) is 0 Å². The molecule has 1 heterocycles. The van der Waals surface area contributed by atoms with Gasteiger partial charge in [0.15, 0.2) is 0 Å². The van der Waals surface area contributed by atoms with Crippen LogP contribution in [-0.2, 0) is 45.8 Å². The van der Waals surface area contributed by atoms with Gasteiger partial charge in [-0.3, -0.25) is 0 Å². The molecule has 3 aromatic rings. The van der Waals surface area contributed by atoms with Crippen molar-refractivity contribution in [3.63, 3.8) is 0 Å². The average molecular weight is 707 g/mol. The van der Waals surface area contributed by atoms with Crippen LogP contribution in [0.1, 0.15) is 35.3 Å². The lowest BCUT2D eigenvalue weighted by molar-refractivity contribution is 0.586. The maximum atomic E-state index is 11.1. The van der Waals surface area contributed by atoms with Crippen LogP contribution in [0.4, 0.5) is 0 Å². The van der Waals surface area contributed by atoms with E-state index in [0.29, 0.717) is 9.10 Å². The van der Waals surface area contributed by atoms with Gasteiger partial charge in [-0.05, 0) is 57.3 Å². The Morgan fingerprint density at radius 1 is 0.558 bits per heavy atom. The summed E-state index contributed by atoms with van der Waals surface area (Å²) in [4.78, 5) is 0.294. The van der Waals surface area contributed by atoms with Crippen LogP contribution < -0.4 is 18.9 Å². The minimum atomic E-state index is -3.25. The summed E-state index contributed by atoms with van der Waals surface area (Å²) in [6.07, 6.45) is 1.10. The molecular weight excluding hydrogens is 657 g/mol. The van der Waals surface area contributed by atoms with Crippen molar-refractivity contribution in [3.05, 3.63) is 83.7 Å². The molecule has 43 heavy (non-hydrogen) atoms. The minimum absolute atomic E-state index is 0. The molecule has 0 aliphatic carbocycles. The lowest BCUT2D eigenvalue weighted by Gasteiger charge is -2.00. The maximum Gasteiger partial charge on any atom is 0.249 e. The highest BCUT2D eigenvalue weighted by Gasteiger charge is 2.10. The number of hydrogen-bond acceptors (Lipinski definition) is 9. The Kier molecular flexibility index (Phi) is 28.3. The van der Waals surface area contributed by atoms with Crippen molar-refractivity contribution in [2.45, 2.75) is 44.6 Å². The first-order valence-electron chi connectivity index (χ1n) is 10.8. The second kappa shape index (κ2) is 24.1. The molecule has 0 spiro atoms. The first kappa shape index (κ1) is 50.4. The number of sulfonamides is 4. The van der Waals surface area contributed by atoms with Gasteiger partial charge in [-0.25, -0.2) is 52.6 Å². The summed E-state index contributed by atoms with van der Waals surface area (Å²) < 4.78 is 95.1. The Morgan fingerprint density at radius 2 is 0.977 bits per heavy atom. The molecule has 17 heteroatoms. The molecule has 0 fully saturated rings. The number of thiophene rings is 1. The quantitative estimate of drug-likeness (QED) is 0.273. The van der Waals surface area contributed by atoms with Gasteiger partial charge in [0.25, 0.3) is 0 Å². The first-order valence-corrected chi connectivity index (χ1v) is 18.2. The van der Waals surface area contributed by atoms with Crippen LogP contribution in [0.25, 0.3) is 0 Å². The zero-order valence-electron chi connectivity index (χ0n) is 22.0. The smallest absolute Gasteiger partial charge is 0.219 e. The third-order valence-corrected chi connectivity index (χ3v) is 10.6. The molecule has 12 nitrogen and oxygen atoms in total.